The fourth-order valence-electron chi connectivity index (χ4n) is 3.17. The van der Waals surface area contributed by atoms with Gasteiger partial charge in [0.1, 0.15) is 6.04 Å². The third-order valence-corrected chi connectivity index (χ3v) is 4.86. The van der Waals surface area contributed by atoms with E-state index in [1.165, 1.54) is 0 Å². The van der Waals surface area contributed by atoms with E-state index in [9.17, 15) is 9.90 Å². The van der Waals surface area contributed by atoms with Crippen LogP contribution in [0.2, 0.25) is 0 Å². The van der Waals surface area contributed by atoms with E-state index in [1.807, 2.05) is 37.3 Å². The molecule has 0 saturated heterocycles. The van der Waals surface area contributed by atoms with Gasteiger partial charge in [0.2, 0.25) is 0 Å². The van der Waals surface area contributed by atoms with Gasteiger partial charge in [-0.1, -0.05) is 44.2 Å². The van der Waals surface area contributed by atoms with Gasteiger partial charge in [-0.2, -0.15) is 0 Å². The van der Waals surface area contributed by atoms with E-state index in [2.05, 4.69) is 19.2 Å². The average Bonchev–Trinajstić information content (AvgIpc) is 2.49. The van der Waals surface area contributed by atoms with Crippen molar-refractivity contribution in [3.05, 3.63) is 35.9 Å². The summed E-state index contributed by atoms with van der Waals surface area (Å²) in [6.07, 6.45) is 2.06. The number of ether oxygens (including phenoxy) is 1. The molecule has 4 heteroatoms. The smallest absolute Gasteiger partial charge is 0.325 e. The Morgan fingerprint density at radius 1 is 1.43 bits per heavy atom. The Labute approximate surface area is 126 Å². The summed E-state index contributed by atoms with van der Waals surface area (Å²) in [5.41, 5.74) is 0.793. The van der Waals surface area contributed by atoms with E-state index in [0.29, 0.717) is 6.61 Å². The summed E-state index contributed by atoms with van der Waals surface area (Å²) in [7, 11) is 0. The van der Waals surface area contributed by atoms with Crippen LogP contribution in [0.25, 0.3) is 0 Å². The second-order valence-corrected chi connectivity index (χ2v) is 5.94. The van der Waals surface area contributed by atoms with E-state index < -0.39 is 12.0 Å². The second-order valence-electron chi connectivity index (χ2n) is 5.94. The molecule has 0 spiro atoms. The molecule has 0 aromatic heterocycles. The van der Waals surface area contributed by atoms with Crippen LogP contribution in [0.4, 0.5) is 0 Å². The fourth-order valence-corrected chi connectivity index (χ4v) is 3.17. The molecule has 1 aromatic carbocycles. The first kappa shape index (κ1) is 16.0. The zero-order chi connectivity index (χ0) is 15.5. The first-order valence-corrected chi connectivity index (χ1v) is 7.68. The van der Waals surface area contributed by atoms with Crippen LogP contribution in [-0.2, 0) is 9.53 Å². The summed E-state index contributed by atoms with van der Waals surface area (Å²) in [5.74, 6) is -0.834. The zero-order valence-electron chi connectivity index (χ0n) is 13.0. The summed E-state index contributed by atoms with van der Waals surface area (Å²) in [4.78, 5) is 11.6. The van der Waals surface area contributed by atoms with Crippen molar-refractivity contribution in [2.24, 2.45) is 5.41 Å². The van der Waals surface area contributed by atoms with Crippen LogP contribution in [-0.4, -0.2) is 29.8 Å². The van der Waals surface area contributed by atoms with Crippen LogP contribution >= 0.6 is 0 Å². The maximum absolute atomic E-state index is 11.6. The van der Waals surface area contributed by atoms with Crippen molar-refractivity contribution < 1.29 is 14.6 Å². The van der Waals surface area contributed by atoms with Crippen LogP contribution in [0, 0.1) is 5.41 Å². The minimum atomic E-state index is -0.834. The predicted molar refractivity (Wildman–Crippen MR) is 82.2 cm³/mol. The molecule has 1 aliphatic rings. The van der Waals surface area contributed by atoms with E-state index in [-0.39, 0.29) is 17.6 Å². The molecule has 2 N–H and O–H groups in total. The molecule has 116 valence electrons. The van der Waals surface area contributed by atoms with E-state index in [1.54, 1.807) is 0 Å². The Morgan fingerprint density at radius 2 is 2.10 bits per heavy atom. The molecule has 0 aliphatic heterocycles. The molecular formula is C17H25NO3. The summed E-state index contributed by atoms with van der Waals surface area (Å²) < 4.78 is 5.77. The molecule has 0 bridgehead atoms. The number of nitrogens with one attached hydrogen (secondary N) is 1. The number of carbonyl (C=O) groups is 1. The predicted octanol–water partition coefficient (Wildman–Crippen LogP) is 3.00. The number of hydrogen-bond acceptors (Lipinski definition) is 3. The van der Waals surface area contributed by atoms with Gasteiger partial charge in [-0.05, 0) is 25.3 Å². The molecule has 0 amide bonds. The van der Waals surface area contributed by atoms with Crippen molar-refractivity contribution >= 4 is 5.97 Å². The first-order valence-electron chi connectivity index (χ1n) is 7.68. The van der Waals surface area contributed by atoms with Crippen molar-refractivity contribution in [1.82, 2.24) is 5.32 Å². The Morgan fingerprint density at radius 3 is 2.62 bits per heavy atom. The lowest BCUT2D eigenvalue weighted by molar-refractivity contribution is -0.147. The van der Waals surface area contributed by atoms with Gasteiger partial charge >= 0.3 is 5.97 Å². The highest BCUT2D eigenvalue weighted by Crippen LogP contribution is 2.46. The molecule has 0 heterocycles. The van der Waals surface area contributed by atoms with Crippen LogP contribution in [0.15, 0.2) is 30.3 Å². The van der Waals surface area contributed by atoms with Crippen molar-refractivity contribution in [3.8, 4) is 0 Å². The fraction of sp³-hybridized carbons (Fsp3) is 0.588. The number of rotatable bonds is 7. The Hall–Kier alpha value is -1.39. The molecule has 1 aliphatic carbocycles. The SMILES string of the molecule is CCOC1CC(NC(C(=O)O)c2ccccc2)C1(C)CC. The number of hydrogen-bond donors (Lipinski definition) is 2. The average molecular weight is 291 g/mol. The molecule has 4 atom stereocenters. The van der Waals surface area contributed by atoms with Gasteiger partial charge in [-0.15, -0.1) is 0 Å². The van der Waals surface area contributed by atoms with E-state index in [0.717, 1.165) is 18.4 Å². The normalized spacial score (nSPS) is 29.7. The third-order valence-electron chi connectivity index (χ3n) is 4.86. The largest absolute Gasteiger partial charge is 0.480 e. The molecule has 2 rings (SSSR count). The maximum atomic E-state index is 11.6. The topological polar surface area (TPSA) is 58.6 Å². The molecular weight excluding hydrogens is 266 g/mol. The number of aliphatic carboxylic acids is 1. The van der Waals surface area contributed by atoms with Gasteiger partial charge in [0.15, 0.2) is 0 Å². The number of benzene rings is 1. The van der Waals surface area contributed by atoms with Gasteiger partial charge in [0.25, 0.3) is 0 Å². The zero-order valence-corrected chi connectivity index (χ0v) is 13.0. The first-order chi connectivity index (χ1) is 10.0. The second kappa shape index (κ2) is 6.58. The lowest BCUT2D eigenvalue weighted by Gasteiger charge is -2.54. The Bertz CT molecular complexity index is 476. The van der Waals surface area contributed by atoms with Crippen LogP contribution in [0.1, 0.15) is 45.2 Å². The molecule has 1 fully saturated rings. The molecule has 21 heavy (non-hydrogen) atoms. The molecule has 1 aromatic rings. The minimum absolute atomic E-state index is 0.00150. The van der Waals surface area contributed by atoms with Crippen LogP contribution < -0.4 is 5.32 Å². The van der Waals surface area contributed by atoms with Crippen molar-refractivity contribution in [2.75, 3.05) is 6.61 Å². The van der Waals surface area contributed by atoms with Gasteiger partial charge < -0.3 is 9.84 Å². The van der Waals surface area contributed by atoms with Crippen molar-refractivity contribution in [1.29, 1.82) is 0 Å². The van der Waals surface area contributed by atoms with Crippen LogP contribution in [0.3, 0.4) is 0 Å². The quantitative estimate of drug-likeness (QED) is 0.811. The van der Waals surface area contributed by atoms with E-state index >= 15 is 0 Å². The molecule has 1 saturated carbocycles. The van der Waals surface area contributed by atoms with E-state index in [4.69, 9.17) is 4.74 Å². The van der Waals surface area contributed by atoms with Crippen LogP contribution in [0.5, 0.6) is 0 Å². The third kappa shape index (κ3) is 3.11. The standard InChI is InChI=1S/C17H25NO3/c1-4-17(3)13(11-14(17)21-5-2)18-15(16(19)20)12-9-7-6-8-10-12/h6-10,13-15,18H,4-5,11H2,1-3H3,(H,19,20). The minimum Gasteiger partial charge on any atom is -0.480 e. The Kier molecular flexibility index (Phi) is 5.01. The summed E-state index contributed by atoms with van der Waals surface area (Å²) in [5, 5.41) is 12.8. The highest BCUT2D eigenvalue weighted by atomic mass is 16.5. The van der Waals surface area contributed by atoms with Crippen molar-refractivity contribution in [3.63, 3.8) is 0 Å². The molecule has 4 nitrogen and oxygen atoms in total. The lowest BCUT2D eigenvalue weighted by atomic mass is 9.61. The monoisotopic (exact) mass is 291 g/mol. The summed E-state index contributed by atoms with van der Waals surface area (Å²) >= 11 is 0. The number of carboxylic acid groups (broad SMARTS) is 1. The van der Waals surface area contributed by atoms with Gasteiger partial charge in [0.05, 0.1) is 6.10 Å². The highest BCUT2D eigenvalue weighted by Gasteiger charge is 2.52. The van der Waals surface area contributed by atoms with Gasteiger partial charge in [0, 0.05) is 18.1 Å². The highest BCUT2D eigenvalue weighted by molar-refractivity contribution is 5.75. The maximum Gasteiger partial charge on any atom is 0.325 e. The van der Waals surface area contributed by atoms with Gasteiger partial charge in [-0.25, -0.2) is 0 Å². The van der Waals surface area contributed by atoms with Gasteiger partial charge in [-0.3, -0.25) is 10.1 Å². The lowest BCUT2D eigenvalue weighted by Crippen LogP contribution is -2.63. The summed E-state index contributed by atoms with van der Waals surface area (Å²) in [6.45, 7) is 7.02. The summed E-state index contributed by atoms with van der Waals surface area (Å²) in [6, 6.07) is 8.85. The molecule has 4 unspecified atom stereocenters. The molecule has 0 radical (unpaired) electrons. The number of carboxylic acids is 1. The Balaban J connectivity index is 2.10. The van der Waals surface area contributed by atoms with Crippen molar-refractivity contribution in [2.45, 2.75) is 51.8 Å².